The summed E-state index contributed by atoms with van der Waals surface area (Å²) in [5.41, 5.74) is 0.723. The van der Waals surface area contributed by atoms with E-state index in [2.05, 4.69) is 43.9 Å². The predicted molar refractivity (Wildman–Crippen MR) is 110 cm³/mol. The Bertz CT molecular complexity index is 722. The fourth-order valence-electron chi connectivity index (χ4n) is 3.45. The first-order valence-electron chi connectivity index (χ1n) is 8.89. The van der Waals surface area contributed by atoms with E-state index in [0.717, 1.165) is 41.4 Å². The van der Waals surface area contributed by atoms with E-state index in [-0.39, 0.29) is 0 Å². The topological polar surface area (TPSA) is 65.5 Å². The Hall–Kier alpha value is -1.35. The van der Waals surface area contributed by atoms with Gasteiger partial charge in [-0.1, -0.05) is 12.1 Å². The number of carbonyl (C=O) groups excluding carboxylic acids is 1. The molecule has 1 aromatic heterocycles. The first-order valence-corrected chi connectivity index (χ1v) is 9.97. The molecule has 0 saturated carbocycles. The van der Waals surface area contributed by atoms with Crippen LogP contribution in [0.2, 0.25) is 0 Å². The van der Waals surface area contributed by atoms with Crippen molar-refractivity contribution >= 4 is 28.9 Å². The molecule has 3 rings (SSSR count). The van der Waals surface area contributed by atoms with E-state index in [1.54, 1.807) is 24.5 Å². The lowest BCUT2D eigenvalue weighted by Gasteiger charge is -2.37. The molecule has 0 bridgehead atoms. The van der Waals surface area contributed by atoms with E-state index in [1.165, 1.54) is 0 Å². The monoisotopic (exact) mass is 465 g/mol. The fourth-order valence-corrected chi connectivity index (χ4v) is 4.06. The van der Waals surface area contributed by atoms with Crippen LogP contribution in [0.25, 0.3) is 0 Å². The van der Waals surface area contributed by atoms with Gasteiger partial charge in [-0.3, -0.25) is 10.3 Å². The fraction of sp³-hybridized carbons (Fsp3) is 0.400. The number of carbonyl (C=O) groups is 1. The quantitative estimate of drug-likeness (QED) is 0.464. The number of aliphatic hydroxyl groups excluding tert-OH is 1. The van der Waals surface area contributed by atoms with Crippen molar-refractivity contribution in [3.8, 4) is 0 Å². The first kappa shape index (κ1) is 19.4. The van der Waals surface area contributed by atoms with Gasteiger partial charge in [-0.05, 0) is 83.9 Å². The Morgan fingerprint density at radius 2 is 2.00 bits per heavy atom. The molecular weight excluding hydrogens is 441 g/mol. The molecule has 0 amide bonds. The van der Waals surface area contributed by atoms with Gasteiger partial charge in [0.1, 0.15) is 17.9 Å². The van der Waals surface area contributed by atoms with E-state index >= 15 is 0 Å². The van der Waals surface area contributed by atoms with Crippen molar-refractivity contribution < 1.29 is 9.90 Å². The van der Waals surface area contributed by atoms with Gasteiger partial charge in [-0.2, -0.15) is 0 Å². The van der Waals surface area contributed by atoms with E-state index in [0.29, 0.717) is 18.7 Å². The van der Waals surface area contributed by atoms with Gasteiger partial charge in [0, 0.05) is 29.1 Å². The number of nitrogens with one attached hydrogen (secondary N) is 1. The van der Waals surface area contributed by atoms with Crippen molar-refractivity contribution in [2.45, 2.75) is 31.0 Å². The highest BCUT2D eigenvalue weighted by molar-refractivity contribution is 14.1. The highest BCUT2D eigenvalue weighted by atomic mass is 127. The summed E-state index contributed by atoms with van der Waals surface area (Å²) in [4.78, 5) is 18.5. The Morgan fingerprint density at radius 3 is 2.65 bits per heavy atom. The number of pyridine rings is 1. The SMILES string of the molecule is O=C[C@](CN1CCCC1)(NCc1cccc(I)c1)[C@@H](O)c1ccncc1. The largest absolute Gasteiger partial charge is 0.386 e. The number of nitrogens with zero attached hydrogens (tertiary/aromatic N) is 2. The van der Waals surface area contributed by atoms with Gasteiger partial charge >= 0.3 is 0 Å². The molecule has 138 valence electrons. The number of hydrogen-bond acceptors (Lipinski definition) is 5. The zero-order valence-electron chi connectivity index (χ0n) is 14.6. The molecule has 1 fully saturated rings. The number of aliphatic hydroxyl groups is 1. The Kier molecular flexibility index (Phi) is 6.74. The van der Waals surface area contributed by atoms with Crippen molar-refractivity contribution in [2.75, 3.05) is 19.6 Å². The van der Waals surface area contributed by atoms with Crippen LogP contribution in [0.1, 0.15) is 30.1 Å². The normalized spacial score (nSPS) is 18.4. The van der Waals surface area contributed by atoms with Crippen LogP contribution >= 0.6 is 22.6 Å². The van der Waals surface area contributed by atoms with E-state index in [1.807, 2.05) is 18.2 Å². The molecule has 1 aliphatic rings. The zero-order valence-corrected chi connectivity index (χ0v) is 16.8. The van der Waals surface area contributed by atoms with E-state index < -0.39 is 11.6 Å². The van der Waals surface area contributed by atoms with Crippen LogP contribution in [0.15, 0.2) is 48.8 Å². The van der Waals surface area contributed by atoms with Crippen LogP contribution in [0.4, 0.5) is 0 Å². The molecule has 6 heteroatoms. The maximum absolute atomic E-state index is 12.3. The van der Waals surface area contributed by atoms with Crippen LogP contribution in [0, 0.1) is 3.57 Å². The number of benzene rings is 1. The molecule has 26 heavy (non-hydrogen) atoms. The first-order chi connectivity index (χ1) is 12.6. The highest BCUT2D eigenvalue weighted by Gasteiger charge is 2.40. The summed E-state index contributed by atoms with van der Waals surface area (Å²) < 4.78 is 1.15. The molecule has 5 nitrogen and oxygen atoms in total. The predicted octanol–water partition coefficient (Wildman–Crippen LogP) is 2.54. The molecule has 0 radical (unpaired) electrons. The molecule has 0 unspecified atom stereocenters. The van der Waals surface area contributed by atoms with Crippen molar-refractivity contribution in [3.05, 3.63) is 63.5 Å². The van der Waals surface area contributed by atoms with E-state index in [9.17, 15) is 9.90 Å². The molecular formula is C20H24IN3O2. The number of aldehydes is 1. The minimum absolute atomic E-state index is 0.490. The minimum atomic E-state index is -1.06. The number of rotatable bonds is 8. The van der Waals surface area contributed by atoms with Gasteiger partial charge in [-0.25, -0.2) is 0 Å². The van der Waals surface area contributed by atoms with Crippen LogP contribution in [-0.4, -0.2) is 46.4 Å². The lowest BCUT2D eigenvalue weighted by molar-refractivity contribution is -0.119. The molecule has 1 saturated heterocycles. The van der Waals surface area contributed by atoms with Crippen LogP contribution < -0.4 is 5.32 Å². The number of hydrogen-bond donors (Lipinski definition) is 2. The second-order valence-corrected chi connectivity index (χ2v) is 8.05. The van der Waals surface area contributed by atoms with E-state index in [4.69, 9.17) is 0 Å². The average Bonchev–Trinajstić information content (AvgIpc) is 3.18. The summed E-state index contributed by atoms with van der Waals surface area (Å²) in [5, 5.41) is 14.4. The molecule has 2 N–H and O–H groups in total. The summed E-state index contributed by atoms with van der Waals surface area (Å²) in [6, 6.07) is 11.7. The van der Waals surface area contributed by atoms with Crippen molar-refractivity contribution in [2.24, 2.45) is 0 Å². The Balaban J connectivity index is 1.84. The molecule has 2 heterocycles. The van der Waals surface area contributed by atoms with Crippen molar-refractivity contribution in [1.29, 1.82) is 0 Å². The molecule has 1 aromatic carbocycles. The summed E-state index contributed by atoms with van der Waals surface area (Å²) >= 11 is 2.28. The molecule has 2 aromatic rings. The van der Waals surface area contributed by atoms with Gasteiger partial charge in [0.05, 0.1) is 0 Å². The Morgan fingerprint density at radius 1 is 1.27 bits per heavy atom. The van der Waals surface area contributed by atoms with Gasteiger partial charge in [-0.15, -0.1) is 0 Å². The van der Waals surface area contributed by atoms with Gasteiger partial charge in [0.15, 0.2) is 0 Å². The van der Waals surface area contributed by atoms with Gasteiger partial charge in [0.25, 0.3) is 0 Å². The van der Waals surface area contributed by atoms with Crippen LogP contribution in [-0.2, 0) is 11.3 Å². The van der Waals surface area contributed by atoms with Crippen LogP contribution in [0.3, 0.4) is 0 Å². The van der Waals surface area contributed by atoms with Crippen LogP contribution in [0.5, 0.6) is 0 Å². The number of aromatic nitrogens is 1. The zero-order chi connectivity index (χ0) is 18.4. The third-order valence-electron chi connectivity index (χ3n) is 4.91. The summed E-state index contributed by atoms with van der Waals surface area (Å²) in [6.45, 7) is 2.93. The molecule has 0 spiro atoms. The second kappa shape index (κ2) is 9.03. The number of halogens is 1. The highest BCUT2D eigenvalue weighted by Crippen LogP contribution is 2.27. The summed E-state index contributed by atoms with van der Waals surface area (Å²) in [5.74, 6) is 0. The summed E-state index contributed by atoms with van der Waals surface area (Å²) in [7, 11) is 0. The van der Waals surface area contributed by atoms with Crippen molar-refractivity contribution in [1.82, 2.24) is 15.2 Å². The maximum atomic E-state index is 12.3. The maximum Gasteiger partial charge on any atom is 0.144 e. The average molecular weight is 465 g/mol. The lowest BCUT2D eigenvalue weighted by atomic mass is 9.88. The van der Waals surface area contributed by atoms with Gasteiger partial charge < -0.3 is 14.8 Å². The summed E-state index contributed by atoms with van der Waals surface area (Å²) in [6.07, 6.45) is 5.50. The third-order valence-corrected chi connectivity index (χ3v) is 5.59. The smallest absolute Gasteiger partial charge is 0.144 e. The molecule has 2 atom stereocenters. The lowest BCUT2D eigenvalue weighted by Crippen LogP contribution is -2.58. The standard InChI is InChI=1S/C20H24IN3O2/c21-18-5-3-4-16(12-18)13-23-20(15-25,14-24-10-1-2-11-24)19(26)17-6-8-22-9-7-17/h3-9,12,15,19,23,26H,1-2,10-11,13-14H2/t19-,20-/m0/s1. The number of likely N-dealkylation sites (tertiary alicyclic amines) is 1. The Labute approximate surface area is 168 Å². The van der Waals surface area contributed by atoms with Crippen molar-refractivity contribution in [3.63, 3.8) is 0 Å². The minimum Gasteiger partial charge on any atom is -0.386 e. The van der Waals surface area contributed by atoms with Gasteiger partial charge in [0.2, 0.25) is 0 Å². The third kappa shape index (κ3) is 4.68. The molecule has 1 aliphatic heterocycles. The molecule has 0 aliphatic carbocycles. The second-order valence-electron chi connectivity index (χ2n) is 6.81.